The van der Waals surface area contributed by atoms with Gasteiger partial charge in [0.2, 0.25) is 0 Å². The Bertz CT molecular complexity index is 421. The van der Waals surface area contributed by atoms with Crippen molar-refractivity contribution in [3.8, 4) is 0 Å². The Labute approximate surface area is 120 Å². The standard InChI is InChI=1S/C15H23ClN2O/c1-11(2)19-10-9-18-15-13-6-8-17-7-5-12(13)3-4-14(15)16/h3-4,11,17-18H,5-10H2,1-2H3. The maximum absolute atomic E-state index is 6.33. The van der Waals surface area contributed by atoms with Gasteiger partial charge in [-0.25, -0.2) is 0 Å². The van der Waals surface area contributed by atoms with Crippen molar-refractivity contribution in [1.82, 2.24) is 5.32 Å². The molecule has 0 amide bonds. The predicted molar refractivity (Wildman–Crippen MR) is 81.3 cm³/mol. The fourth-order valence-electron chi connectivity index (χ4n) is 2.41. The van der Waals surface area contributed by atoms with Crippen molar-refractivity contribution in [2.45, 2.75) is 32.8 Å². The molecule has 2 rings (SSSR count). The molecule has 2 N–H and O–H groups in total. The molecule has 1 aromatic rings. The second-order valence-corrected chi connectivity index (χ2v) is 5.56. The highest BCUT2D eigenvalue weighted by atomic mass is 35.5. The number of hydrogen-bond donors (Lipinski definition) is 2. The van der Waals surface area contributed by atoms with Crippen LogP contribution >= 0.6 is 11.6 Å². The zero-order valence-corrected chi connectivity index (χ0v) is 12.5. The van der Waals surface area contributed by atoms with Crippen LogP contribution in [0, 0.1) is 0 Å². The first-order valence-corrected chi connectivity index (χ1v) is 7.42. The van der Waals surface area contributed by atoms with E-state index in [1.165, 1.54) is 11.1 Å². The van der Waals surface area contributed by atoms with E-state index in [-0.39, 0.29) is 6.10 Å². The van der Waals surface area contributed by atoms with Gasteiger partial charge in [0.1, 0.15) is 0 Å². The van der Waals surface area contributed by atoms with E-state index in [1.54, 1.807) is 0 Å². The van der Waals surface area contributed by atoms with Crippen LogP contribution in [0.2, 0.25) is 5.02 Å². The van der Waals surface area contributed by atoms with Crippen molar-refractivity contribution in [1.29, 1.82) is 0 Å². The summed E-state index contributed by atoms with van der Waals surface area (Å²) >= 11 is 6.33. The summed E-state index contributed by atoms with van der Waals surface area (Å²) in [6, 6.07) is 4.15. The Morgan fingerprint density at radius 1 is 1.32 bits per heavy atom. The minimum Gasteiger partial charge on any atom is -0.381 e. The van der Waals surface area contributed by atoms with Gasteiger partial charge in [0, 0.05) is 6.54 Å². The number of fused-ring (bicyclic) bond motifs is 1. The van der Waals surface area contributed by atoms with Crippen LogP contribution in [0.1, 0.15) is 25.0 Å². The van der Waals surface area contributed by atoms with Gasteiger partial charge >= 0.3 is 0 Å². The van der Waals surface area contributed by atoms with Crippen molar-refractivity contribution in [2.75, 3.05) is 31.6 Å². The lowest BCUT2D eigenvalue weighted by Crippen LogP contribution is -2.17. The number of nitrogens with one attached hydrogen (secondary N) is 2. The highest BCUT2D eigenvalue weighted by Gasteiger charge is 2.14. The Balaban J connectivity index is 2.06. The van der Waals surface area contributed by atoms with Crippen molar-refractivity contribution >= 4 is 17.3 Å². The molecule has 0 saturated heterocycles. The van der Waals surface area contributed by atoms with Crippen LogP contribution < -0.4 is 10.6 Å². The smallest absolute Gasteiger partial charge is 0.0642 e. The molecule has 0 aliphatic carbocycles. The Morgan fingerprint density at radius 3 is 2.89 bits per heavy atom. The van der Waals surface area contributed by atoms with E-state index in [1.807, 2.05) is 19.9 Å². The van der Waals surface area contributed by atoms with Crippen molar-refractivity contribution in [2.24, 2.45) is 0 Å². The second-order valence-electron chi connectivity index (χ2n) is 5.16. The molecule has 0 bridgehead atoms. The van der Waals surface area contributed by atoms with Crippen LogP contribution in [-0.4, -0.2) is 32.3 Å². The van der Waals surface area contributed by atoms with Crippen LogP contribution in [-0.2, 0) is 17.6 Å². The maximum Gasteiger partial charge on any atom is 0.0642 e. The van der Waals surface area contributed by atoms with Crippen LogP contribution in [0.5, 0.6) is 0 Å². The van der Waals surface area contributed by atoms with E-state index < -0.39 is 0 Å². The first kappa shape index (κ1) is 14.6. The monoisotopic (exact) mass is 282 g/mol. The lowest BCUT2D eigenvalue weighted by Gasteiger charge is -2.16. The number of rotatable bonds is 5. The topological polar surface area (TPSA) is 33.3 Å². The fraction of sp³-hybridized carbons (Fsp3) is 0.600. The van der Waals surface area contributed by atoms with Crippen molar-refractivity contribution in [3.63, 3.8) is 0 Å². The molecule has 3 nitrogen and oxygen atoms in total. The Hall–Kier alpha value is -0.770. The fourth-order valence-corrected chi connectivity index (χ4v) is 2.65. The molecule has 1 aliphatic rings. The van der Waals surface area contributed by atoms with Crippen LogP contribution in [0.4, 0.5) is 5.69 Å². The lowest BCUT2D eigenvalue weighted by molar-refractivity contribution is 0.0870. The molecule has 1 aliphatic heterocycles. The minimum absolute atomic E-state index is 0.273. The molecule has 1 heterocycles. The highest BCUT2D eigenvalue weighted by Crippen LogP contribution is 2.30. The third kappa shape index (κ3) is 4.10. The van der Waals surface area contributed by atoms with E-state index >= 15 is 0 Å². The molecule has 0 fully saturated rings. The number of anilines is 1. The Kier molecular flexibility index (Phi) is 5.49. The summed E-state index contributed by atoms with van der Waals surface area (Å²) < 4.78 is 5.55. The SMILES string of the molecule is CC(C)OCCNc1c(Cl)ccc2c1CCNCC2. The molecule has 0 aromatic heterocycles. The molecule has 0 atom stereocenters. The highest BCUT2D eigenvalue weighted by molar-refractivity contribution is 6.33. The van der Waals surface area contributed by atoms with Crippen molar-refractivity contribution < 1.29 is 4.74 Å². The Morgan fingerprint density at radius 2 is 2.11 bits per heavy atom. The summed E-state index contributed by atoms with van der Waals surface area (Å²) in [5, 5.41) is 7.68. The van der Waals surface area contributed by atoms with E-state index in [2.05, 4.69) is 16.7 Å². The van der Waals surface area contributed by atoms with E-state index in [4.69, 9.17) is 16.3 Å². The third-order valence-corrected chi connectivity index (χ3v) is 3.65. The number of hydrogen-bond acceptors (Lipinski definition) is 3. The van der Waals surface area contributed by atoms with Crippen LogP contribution in [0.15, 0.2) is 12.1 Å². The molecular formula is C15H23ClN2O. The zero-order chi connectivity index (χ0) is 13.7. The van der Waals surface area contributed by atoms with E-state index in [0.29, 0.717) is 6.61 Å². The first-order chi connectivity index (χ1) is 9.18. The lowest BCUT2D eigenvalue weighted by atomic mass is 10.0. The van der Waals surface area contributed by atoms with Gasteiger partial charge in [-0.05, 0) is 57.0 Å². The number of benzene rings is 1. The summed E-state index contributed by atoms with van der Waals surface area (Å²) in [5.41, 5.74) is 3.86. The molecule has 0 saturated carbocycles. The molecular weight excluding hydrogens is 260 g/mol. The normalized spacial score (nSPS) is 15.2. The van der Waals surface area contributed by atoms with Gasteiger partial charge in [-0.15, -0.1) is 0 Å². The summed E-state index contributed by atoms with van der Waals surface area (Å²) in [4.78, 5) is 0. The summed E-state index contributed by atoms with van der Waals surface area (Å²) in [5.74, 6) is 0. The molecule has 106 valence electrons. The average molecular weight is 283 g/mol. The quantitative estimate of drug-likeness (QED) is 0.815. The largest absolute Gasteiger partial charge is 0.381 e. The van der Waals surface area contributed by atoms with Gasteiger partial charge in [0.25, 0.3) is 0 Å². The summed E-state index contributed by atoms with van der Waals surface area (Å²) in [6.07, 6.45) is 2.38. The van der Waals surface area contributed by atoms with Gasteiger partial charge in [-0.2, -0.15) is 0 Å². The summed E-state index contributed by atoms with van der Waals surface area (Å²) in [6.45, 7) is 7.66. The van der Waals surface area contributed by atoms with Gasteiger partial charge in [0.15, 0.2) is 0 Å². The molecule has 1 aromatic carbocycles. The van der Waals surface area contributed by atoms with Crippen LogP contribution in [0.25, 0.3) is 0 Å². The van der Waals surface area contributed by atoms with Gasteiger partial charge < -0.3 is 15.4 Å². The van der Waals surface area contributed by atoms with Gasteiger partial charge in [-0.1, -0.05) is 17.7 Å². The molecule has 0 spiro atoms. The first-order valence-electron chi connectivity index (χ1n) is 7.05. The maximum atomic E-state index is 6.33. The van der Waals surface area contributed by atoms with Crippen molar-refractivity contribution in [3.05, 3.63) is 28.3 Å². The van der Waals surface area contributed by atoms with Gasteiger partial charge in [0.05, 0.1) is 23.4 Å². The second kappa shape index (κ2) is 7.13. The number of halogens is 1. The third-order valence-electron chi connectivity index (χ3n) is 3.34. The average Bonchev–Trinajstić information content (AvgIpc) is 2.61. The zero-order valence-electron chi connectivity index (χ0n) is 11.8. The van der Waals surface area contributed by atoms with Crippen LogP contribution in [0.3, 0.4) is 0 Å². The molecule has 0 radical (unpaired) electrons. The predicted octanol–water partition coefficient (Wildman–Crippen LogP) is 2.87. The molecule has 4 heteroatoms. The number of ether oxygens (including phenoxy) is 1. The van der Waals surface area contributed by atoms with E-state index in [9.17, 15) is 0 Å². The van der Waals surface area contributed by atoms with Gasteiger partial charge in [-0.3, -0.25) is 0 Å². The molecule has 0 unspecified atom stereocenters. The minimum atomic E-state index is 0.273. The van der Waals surface area contributed by atoms with E-state index in [0.717, 1.165) is 43.2 Å². The summed E-state index contributed by atoms with van der Waals surface area (Å²) in [7, 11) is 0. The molecule has 19 heavy (non-hydrogen) atoms.